The summed E-state index contributed by atoms with van der Waals surface area (Å²) in [7, 11) is 1.50. The number of ether oxygens (including phenoxy) is 2. The Morgan fingerprint density at radius 3 is 2.56 bits per heavy atom. The van der Waals surface area contributed by atoms with Crippen molar-refractivity contribution in [1.82, 2.24) is 4.90 Å². The van der Waals surface area contributed by atoms with E-state index in [2.05, 4.69) is 6.92 Å². The average Bonchev–Trinajstić information content (AvgIpc) is 3.04. The van der Waals surface area contributed by atoms with Crippen LogP contribution in [0.5, 0.6) is 11.5 Å². The highest BCUT2D eigenvalue weighted by Crippen LogP contribution is 2.41. The molecule has 1 heterocycles. The lowest BCUT2D eigenvalue weighted by molar-refractivity contribution is -0.139. The van der Waals surface area contributed by atoms with Crippen LogP contribution in [-0.2, 0) is 9.59 Å². The van der Waals surface area contributed by atoms with Crippen LogP contribution in [0.3, 0.4) is 0 Å². The van der Waals surface area contributed by atoms with Crippen molar-refractivity contribution in [1.29, 1.82) is 0 Å². The molecule has 0 radical (unpaired) electrons. The van der Waals surface area contributed by atoms with E-state index in [1.165, 1.54) is 12.0 Å². The van der Waals surface area contributed by atoms with Gasteiger partial charge in [0, 0.05) is 12.1 Å². The Morgan fingerprint density at radius 2 is 1.88 bits per heavy atom. The van der Waals surface area contributed by atoms with Gasteiger partial charge in [0.1, 0.15) is 17.3 Å². The lowest BCUT2D eigenvalue weighted by Crippen LogP contribution is -2.30. The van der Waals surface area contributed by atoms with Crippen LogP contribution >= 0.6 is 11.6 Å². The molecule has 1 unspecified atom stereocenters. The SMILES string of the molecule is CCCCCN1C(=O)C(=O)/C(=C(/O)c2cc(OC)ccc2Cl)C1c1cccc(OCC)c1. The summed E-state index contributed by atoms with van der Waals surface area (Å²) in [6, 6.07) is 11.3. The van der Waals surface area contributed by atoms with Crippen molar-refractivity contribution in [3.05, 3.63) is 64.2 Å². The van der Waals surface area contributed by atoms with Gasteiger partial charge in [-0.15, -0.1) is 0 Å². The van der Waals surface area contributed by atoms with E-state index in [9.17, 15) is 14.7 Å². The van der Waals surface area contributed by atoms with E-state index in [0.717, 1.165) is 19.3 Å². The highest BCUT2D eigenvalue weighted by molar-refractivity contribution is 6.47. The second-order valence-electron chi connectivity index (χ2n) is 7.55. The highest BCUT2D eigenvalue weighted by atomic mass is 35.5. The predicted molar refractivity (Wildman–Crippen MR) is 124 cm³/mol. The first-order valence-electron chi connectivity index (χ1n) is 10.8. The third-order valence-corrected chi connectivity index (χ3v) is 5.79. The van der Waals surface area contributed by atoms with E-state index in [1.54, 1.807) is 24.3 Å². The molecule has 1 aliphatic rings. The molecule has 2 aromatic carbocycles. The van der Waals surface area contributed by atoms with Crippen molar-refractivity contribution in [2.24, 2.45) is 0 Å². The summed E-state index contributed by atoms with van der Waals surface area (Å²) in [4.78, 5) is 27.6. The molecule has 0 aromatic heterocycles. The first-order valence-corrected chi connectivity index (χ1v) is 11.2. The van der Waals surface area contributed by atoms with Crippen molar-refractivity contribution < 1.29 is 24.2 Å². The number of benzene rings is 2. The number of rotatable bonds is 9. The molecule has 32 heavy (non-hydrogen) atoms. The van der Waals surface area contributed by atoms with Gasteiger partial charge >= 0.3 is 0 Å². The number of hydrogen-bond acceptors (Lipinski definition) is 5. The van der Waals surface area contributed by atoms with Crippen molar-refractivity contribution in [3.8, 4) is 11.5 Å². The van der Waals surface area contributed by atoms with Crippen LogP contribution in [0.1, 0.15) is 50.3 Å². The maximum Gasteiger partial charge on any atom is 0.295 e. The van der Waals surface area contributed by atoms with Crippen LogP contribution in [-0.4, -0.2) is 42.0 Å². The maximum absolute atomic E-state index is 13.1. The third-order valence-electron chi connectivity index (χ3n) is 5.46. The number of hydrogen-bond donors (Lipinski definition) is 1. The molecule has 7 heteroatoms. The first kappa shape index (κ1) is 23.7. The number of aliphatic hydroxyl groups excluding tert-OH is 1. The van der Waals surface area contributed by atoms with Crippen LogP contribution in [0, 0.1) is 0 Å². The van der Waals surface area contributed by atoms with Gasteiger partial charge in [-0.1, -0.05) is 43.5 Å². The van der Waals surface area contributed by atoms with Crippen molar-refractivity contribution in [2.45, 2.75) is 39.2 Å². The highest BCUT2D eigenvalue weighted by Gasteiger charge is 2.46. The molecule has 170 valence electrons. The zero-order valence-electron chi connectivity index (χ0n) is 18.6. The standard InChI is InChI=1S/C25H28ClNO5/c1-4-6-7-13-27-22(16-9-8-10-18(14-16)32-5-2)21(24(29)25(27)30)23(28)19-15-17(31-3)11-12-20(19)26/h8-12,14-15,22,28H,4-7,13H2,1-3H3/b23-21+. The Kier molecular flexibility index (Phi) is 7.80. The van der Waals surface area contributed by atoms with Gasteiger partial charge < -0.3 is 19.5 Å². The number of Topliss-reactive ketones (excluding diaryl/α,β-unsaturated/α-hetero) is 1. The number of carbonyl (C=O) groups excluding carboxylic acids is 2. The molecule has 3 rings (SSSR count). The molecule has 1 fully saturated rings. The molecule has 0 bridgehead atoms. The fourth-order valence-electron chi connectivity index (χ4n) is 3.89. The van der Waals surface area contributed by atoms with Gasteiger partial charge in [-0.05, 0) is 49.2 Å². The van der Waals surface area contributed by atoms with Crippen LogP contribution in [0.4, 0.5) is 0 Å². The Labute approximate surface area is 193 Å². The Morgan fingerprint density at radius 1 is 1.09 bits per heavy atom. The van der Waals surface area contributed by atoms with Gasteiger partial charge in [0.15, 0.2) is 0 Å². The first-order chi connectivity index (χ1) is 15.4. The molecule has 6 nitrogen and oxygen atoms in total. The molecule has 2 aromatic rings. The minimum Gasteiger partial charge on any atom is -0.507 e. The molecule has 1 amide bonds. The van der Waals surface area contributed by atoms with Crippen LogP contribution in [0.25, 0.3) is 5.76 Å². The summed E-state index contributed by atoms with van der Waals surface area (Å²) in [6.07, 6.45) is 2.66. The van der Waals surface area contributed by atoms with Gasteiger partial charge in [0.2, 0.25) is 0 Å². The number of methoxy groups -OCH3 is 1. The smallest absolute Gasteiger partial charge is 0.295 e. The lowest BCUT2D eigenvalue weighted by Gasteiger charge is -2.25. The fraction of sp³-hybridized carbons (Fsp3) is 0.360. The Balaban J connectivity index is 2.17. The van der Waals surface area contributed by atoms with E-state index in [1.807, 2.05) is 25.1 Å². The summed E-state index contributed by atoms with van der Waals surface area (Å²) < 4.78 is 10.9. The zero-order chi connectivity index (χ0) is 23.3. The van der Waals surface area contributed by atoms with E-state index < -0.39 is 17.7 Å². The van der Waals surface area contributed by atoms with Crippen molar-refractivity contribution >= 4 is 29.1 Å². The largest absolute Gasteiger partial charge is 0.507 e. The zero-order valence-corrected chi connectivity index (χ0v) is 19.3. The van der Waals surface area contributed by atoms with E-state index in [-0.39, 0.29) is 21.9 Å². The number of carbonyl (C=O) groups is 2. The average molecular weight is 458 g/mol. The molecular formula is C25H28ClNO5. The molecule has 1 atom stereocenters. The van der Waals surface area contributed by atoms with Gasteiger partial charge in [0.25, 0.3) is 11.7 Å². The minimum absolute atomic E-state index is 0.00954. The number of halogens is 1. The van der Waals surface area contributed by atoms with Gasteiger partial charge in [-0.25, -0.2) is 0 Å². The Hall–Kier alpha value is -2.99. The number of likely N-dealkylation sites (tertiary alicyclic amines) is 1. The van der Waals surface area contributed by atoms with E-state index >= 15 is 0 Å². The predicted octanol–water partition coefficient (Wildman–Crippen LogP) is 5.36. The molecule has 0 saturated carbocycles. The van der Waals surface area contributed by atoms with Crippen LogP contribution in [0.15, 0.2) is 48.0 Å². The normalized spacial score (nSPS) is 17.6. The maximum atomic E-state index is 13.1. The molecule has 1 aliphatic heterocycles. The third kappa shape index (κ3) is 4.75. The second-order valence-corrected chi connectivity index (χ2v) is 7.96. The van der Waals surface area contributed by atoms with Crippen molar-refractivity contribution in [2.75, 3.05) is 20.3 Å². The Bertz CT molecular complexity index is 1030. The lowest BCUT2D eigenvalue weighted by atomic mass is 9.95. The minimum atomic E-state index is -0.741. The summed E-state index contributed by atoms with van der Waals surface area (Å²) >= 11 is 6.33. The summed E-state index contributed by atoms with van der Waals surface area (Å²) in [5.41, 5.74) is 0.936. The fourth-order valence-corrected chi connectivity index (χ4v) is 4.10. The number of nitrogens with zero attached hydrogens (tertiary/aromatic N) is 1. The molecular weight excluding hydrogens is 430 g/mol. The molecule has 1 saturated heterocycles. The molecule has 1 N–H and O–H groups in total. The van der Waals surface area contributed by atoms with Gasteiger partial charge in [-0.3, -0.25) is 9.59 Å². The van der Waals surface area contributed by atoms with Gasteiger partial charge in [-0.2, -0.15) is 0 Å². The molecule has 0 aliphatic carbocycles. The van der Waals surface area contributed by atoms with Crippen LogP contribution < -0.4 is 9.47 Å². The van der Waals surface area contributed by atoms with E-state index in [4.69, 9.17) is 21.1 Å². The quantitative estimate of drug-likeness (QED) is 0.237. The summed E-state index contributed by atoms with van der Waals surface area (Å²) in [5.74, 6) is -0.582. The summed E-state index contributed by atoms with van der Waals surface area (Å²) in [5, 5.41) is 11.5. The molecule has 0 spiro atoms. The number of aliphatic hydroxyl groups is 1. The van der Waals surface area contributed by atoms with E-state index in [0.29, 0.717) is 30.2 Å². The summed E-state index contributed by atoms with van der Waals surface area (Å²) in [6.45, 7) is 4.85. The van der Waals surface area contributed by atoms with Crippen molar-refractivity contribution in [3.63, 3.8) is 0 Å². The number of unbranched alkanes of at least 4 members (excludes halogenated alkanes) is 2. The number of amides is 1. The topological polar surface area (TPSA) is 76.1 Å². The number of ketones is 1. The second kappa shape index (κ2) is 10.6. The van der Waals surface area contributed by atoms with Gasteiger partial charge in [0.05, 0.1) is 30.4 Å². The van der Waals surface area contributed by atoms with Crippen LogP contribution in [0.2, 0.25) is 5.02 Å². The monoisotopic (exact) mass is 457 g/mol.